The van der Waals surface area contributed by atoms with Crippen LogP contribution in [0.5, 0.6) is 0 Å². The average Bonchev–Trinajstić information content (AvgIpc) is 3.40. The monoisotopic (exact) mass is 539 g/mol. The summed E-state index contributed by atoms with van der Waals surface area (Å²) in [7, 11) is 0. The number of nitrogens with one attached hydrogen (secondary N) is 4. The van der Waals surface area contributed by atoms with Gasteiger partial charge in [-0.1, -0.05) is 6.42 Å². The number of aliphatic carboxylic acids is 1. The predicted octanol–water partition coefficient (Wildman–Crippen LogP) is -1.79. The van der Waals surface area contributed by atoms with Crippen molar-refractivity contribution < 1.29 is 24.3 Å². The van der Waals surface area contributed by atoms with Gasteiger partial charge in [-0.05, 0) is 71.0 Å². The summed E-state index contributed by atoms with van der Waals surface area (Å²) in [5.41, 5.74) is 23.2. The number of unbranched alkanes of at least 4 members (excludes halogenated alkanes) is 3. The maximum atomic E-state index is 13.2. The molecule has 4 atom stereocenters. The number of carboxylic acids is 1. The molecule has 4 unspecified atom stereocenters. The Labute approximate surface area is 223 Å². The van der Waals surface area contributed by atoms with Gasteiger partial charge in [0.15, 0.2) is 0 Å². The standard InChI is InChI=1S/C24H45N9O5/c25-10-4-1-7-17(28)21(34)31-18(8-2-5-11-26)22(35)32-19(9-3-6-12-27)23(36)33-20(24(37)38)13-16-14-29-15-30-16/h14-15,17-20H,1-13,25-28H2,(H,29,30)(H,31,34)(H,32,35)(H,33,36)(H,37,38). The Kier molecular flexibility index (Phi) is 16.5. The van der Waals surface area contributed by atoms with Crippen LogP contribution in [0.3, 0.4) is 0 Å². The molecule has 0 aliphatic carbocycles. The van der Waals surface area contributed by atoms with Gasteiger partial charge in [0.05, 0.1) is 12.4 Å². The molecule has 14 nitrogen and oxygen atoms in total. The van der Waals surface area contributed by atoms with Gasteiger partial charge >= 0.3 is 5.97 Å². The van der Waals surface area contributed by atoms with Gasteiger partial charge in [-0.2, -0.15) is 0 Å². The second-order valence-corrected chi connectivity index (χ2v) is 9.26. The van der Waals surface area contributed by atoms with Gasteiger partial charge < -0.3 is 49.0 Å². The highest BCUT2D eigenvalue weighted by molar-refractivity contribution is 5.94. The van der Waals surface area contributed by atoms with Crippen LogP contribution < -0.4 is 38.9 Å². The Balaban J connectivity index is 2.94. The Morgan fingerprint density at radius 2 is 1.24 bits per heavy atom. The molecule has 0 aliphatic heterocycles. The van der Waals surface area contributed by atoms with Crippen LogP contribution >= 0.6 is 0 Å². The Morgan fingerprint density at radius 1 is 0.763 bits per heavy atom. The van der Waals surface area contributed by atoms with Crippen LogP contribution in [0.15, 0.2) is 12.5 Å². The number of amides is 3. The number of imidazole rings is 1. The van der Waals surface area contributed by atoms with Gasteiger partial charge in [0.2, 0.25) is 17.7 Å². The molecule has 1 aromatic rings. The van der Waals surface area contributed by atoms with Gasteiger partial charge in [0, 0.05) is 18.3 Å². The maximum absolute atomic E-state index is 13.2. The molecule has 0 saturated carbocycles. The fourth-order valence-corrected chi connectivity index (χ4v) is 3.80. The first-order valence-electron chi connectivity index (χ1n) is 13.2. The Bertz CT molecular complexity index is 837. The molecular formula is C24H45N9O5. The van der Waals surface area contributed by atoms with E-state index in [0.717, 1.165) is 6.42 Å². The number of carboxylic acid groups (broad SMARTS) is 1. The second-order valence-electron chi connectivity index (χ2n) is 9.26. The summed E-state index contributed by atoms with van der Waals surface area (Å²) in [6.07, 6.45) is 7.64. The number of H-pyrrole nitrogens is 1. The van der Waals surface area contributed by atoms with Gasteiger partial charge in [0.25, 0.3) is 0 Å². The number of rotatable bonds is 21. The Morgan fingerprint density at radius 3 is 1.68 bits per heavy atom. The van der Waals surface area contributed by atoms with Crippen LogP contribution in [-0.4, -0.2) is 82.6 Å². The van der Waals surface area contributed by atoms with E-state index in [9.17, 15) is 24.3 Å². The van der Waals surface area contributed by atoms with Crippen LogP contribution in [0, 0.1) is 0 Å². The number of carbonyl (C=O) groups is 4. The van der Waals surface area contributed by atoms with Gasteiger partial charge in [-0.3, -0.25) is 14.4 Å². The molecule has 1 rings (SSSR count). The zero-order chi connectivity index (χ0) is 28.3. The lowest BCUT2D eigenvalue weighted by atomic mass is 10.0. The third-order valence-corrected chi connectivity index (χ3v) is 6.06. The molecular weight excluding hydrogens is 494 g/mol. The van der Waals surface area contributed by atoms with E-state index < -0.39 is 47.9 Å². The minimum Gasteiger partial charge on any atom is -0.480 e. The molecule has 13 N–H and O–H groups in total. The van der Waals surface area contributed by atoms with E-state index in [4.69, 9.17) is 22.9 Å². The summed E-state index contributed by atoms with van der Waals surface area (Å²) in [6.45, 7) is 1.33. The minimum atomic E-state index is -1.23. The number of nitrogens with two attached hydrogens (primary N) is 4. The van der Waals surface area contributed by atoms with Gasteiger partial charge in [-0.25, -0.2) is 9.78 Å². The van der Waals surface area contributed by atoms with Crippen LogP contribution in [-0.2, 0) is 25.6 Å². The molecule has 216 valence electrons. The minimum absolute atomic E-state index is 0.00957. The van der Waals surface area contributed by atoms with Crippen molar-refractivity contribution in [2.24, 2.45) is 22.9 Å². The zero-order valence-electron chi connectivity index (χ0n) is 22.0. The topological polar surface area (TPSA) is 257 Å². The van der Waals surface area contributed by atoms with Crippen LogP contribution in [0.4, 0.5) is 0 Å². The number of carbonyl (C=O) groups excluding carboxylic acids is 3. The number of aromatic nitrogens is 2. The summed E-state index contributed by atoms with van der Waals surface area (Å²) in [5, 5.41) is 17.5. The number of aromatic amines is 1. The highest BCUT2D eigenvalue weighted by Crippen LogP contribution is 2.08. The van der Waals surface area contributed by atoms with Crippen molar-refractivity contribution in [2.75, 3.05) is 19.6 Å². The van der Waals surface area contributed by atoms with Crippen molar-refractivity contribution >= 4 is 23.7 Å². The summed E-state index contributed by atoms with van der Waals surface area (Å²) in [5.74, 6) is -2.90. The van der Waals surface area contributed by atoms with Gasteiger partial charge in [-0.15, -0.1) is 0 Å². The SMILES string of the molecule is NCCCCC(N)C(=O)NC(CCCCN)C(=O)NC(CCCCN)C(=O)NC(Cc1cnc[nH]1)C(=O)O. The summed E-state index contributed by atoms with van der Waals surface area (Å²) >= 11 is 0. The van der Waals surface area contributed by atoms with E-state index in [0.29, 0.717) is 70.3 Å². The number of hydrogen-bond donors (Lipinski definition) is 9. The fourth-order valence-electron chi connectivity index (χ4n) is 3.80. The highest BCUT2D eigenvalue weighted by Gasteiger charge is 2.30. The molecule has 0 aliphatic rings. The van der Waals surface area contributed by atoms with Crippen molar-refractivity contribution in [1.29, 1.82) is 0 Å². The van der Waals surface area contributed by atoms with Crippen molar-refractivity contribution in [2.45, 2.75) is 88.4 Å². The third-order valence-electron chi connectivity index (χ3n) is 6.06. The van der Waals surface area contributed by atoms with E-state index >= 15 is 0 Å². The molecule has 3 amide bonds. The molecule has 0 saturated heterocycles. The summed E-state index contributed by atoms with van der Waals surface area (Å²) in [4.78, 5) is 57.4. The van der Waals surface area contributed by atoms with Gasteiger partial charge in [0.1, 0.15) is 18.1 Å². The van der Waals surface area contributed by atoms with Crippen LogP contribution in [0.1, 0.15) is 63.5 Å². The third kappa shape index (κ3) is 12.9. The molecule has 0 spiro atoms. The number of hydrogen-bond acceptors (Lipinski definition) is 9. The highest BCUT2D eigenvalue weighted by atomic mass is 16.4. The van der Waals surface area contributed by atoms with E-state index in [1.165, 1.54) is 12.5 Å². The fraction of sp³-hybridized carbons (Fsp3) is 0.708. The molecule has 38 heavy (non-hydrogen) atoms. The molecule has 0 aromatic carbocycles. The molecule has 0 bridgehead atoms. The first kappa shape index (κ1) is 33.0. The lowest BCUT2D eigenvalue weighted by molar-refractivity contribution is -0.142. The largest absolute Gasteiger partial charge is 0.480 e. The molecule has 1 heterocycles. The molecule has 1 aromatic heterocycles. The Hall–Kier alpha value is -3.07. The second kappa shape index (κ2) is 19.1. The maximum Gasteiger partial charge on any atom is 0.326 e. The van der Waals surface area contributed by atoms with Crippen molar-refractivity contribution in [3.63, 3.8) is 0 Å². The van der Waals surface area contributed by atoms with Crippen LogP contribution in [0.2, 0.25) is 0 Å². The van der Waals surface area contributed by atoms with E-state index in [-0.39, 0.29) is 12.8 Å². The lowest BCUT2D eigenvalue weighted by Gasteiger charge is -2.25. The lowest BCUT2D eigenvalue weighted by Crippen LogP contribution is -2.57. The first-order valence-corrected chi connectivity index (χ1v) is 13.2. The quantitative estimate of drug-likeness (QED) is 0.0792. The smallest absolute Gasteiger partial charge is 0.326 e. The summed E-state index contributed by atoms with van der Waals surface area (Å²) < 4.78 is 0. The molecule has 0 fully saturated rings. The number of nitrogens with zero attached hydrogens (tertiary/aromatic N) is 1. The summed E-state index contributed by atoms with van der Waals surface area (Å²) in [6, 6.07) is -3.98. The predicted molar refractivity (Wildman–Crippen MR) is 142 cm³/mol. The molecule has 0 radical (unpaired) electrons. The van der Waals surface area contributed by atoms with E-state index in [1.807, 2.05) is 0 Å². The zero-order valence-corrected chi connectivity index (χ0v) is 22.0. The normalized spacial score (nSPS) is 14.2. The van der Waals surface area contributed by atoms with Crippen LogP contribution in [0.25, 0.3) is 0 Å². The van der Waals surface area contributed by atoms with Crippen molar-refractivity contribution in [3.05, 3.63) is 18.2 Å². The first-order chi connectivity index (χ1) is 18.2. The van der Waals surface area contributed by atoms with E-state index in [2.05, 4.69) is 25.9 Å². The average molecular weight is 540 g/mol. The van der Waals surface area contributed by atoms with Crippen molar-refractivity contribution in [1.82, 2.24) is 25.9 Å². The van der Waals surface area contributed by atoms with E-state index in [1.54, 1.807) is 0 Å². The van der Waals surface area contributed by atoms with Crippen molar-refractivity contribution in [3.8, 4) is 0 Å². The molecule has 14 heteroatoms.